The molecule has 0 aliphatic carbocycles. The summed E-state index contributed by atoms with van der Waals surface area (Å²) in [5, 5.41) is 11.1. The molecule has 1 aliphatic rings. The molecular weight excluding hydrogens is 442 g/mol. The molecule has 178 valence electrons. The van der Waals surface area contributed by atoms with Gasteiger partial charge in [-0.05, 0) is 70.2 Å². The Morgan fingerprint density at radius 1 is 1.06 bits per heavy atom. The van der Waals surface area contributed by atoms with Gasteiger partial charge >= 0.3 is 0 Å². The number of carbonyl (C=O) groups excluding carboxylic acids is 1. The smallest absolute Gasteiger partial charge is 0.270 e. The van der Waals surface area contributed by atoms with E-state index in [0.29, 0.717) is 18.4 Å². The molecule has 1 fully saturated rings. The molecule has 2 aromatic carbocycles. The molecule has 0 saturated carbocycles. The first-order valence-corrected chi connectivity index (χ1v) is 12.5. The number of nitro groups is 1. The second-order valence-corrected chi connectivity index (χ2v) is 10.9. The fourth-order valence-electron chi connectivity index (χ4n) is 4.29. The monoisotopic (exact) mass is 473 g/mol. The zero-order valence-corrected chi connectivity index (χ0v) is 20.6. The fourth-order valence-corrected chi connectivity index (χ4v) is 6.00. The van der Waals surface area contributed by atoms with Crippen LogP contribution in [0.2, 0.25) is 0 Å². The van der Waals surface area contributed by atoms with Crippen molar-refractivity contribution < 1.29 is 18.1 Å². The molecule has 1 heterocycles. The number of carbonyl (C=O) groups is 1. The van der Waals surface area contributed by atoms with Crippen LogP contribution in [0.4, 0.5) is 11.4 Å². The van der Waals surface area contributed by atoms with E-state index >= 15 is 0 Å². The quantitative estimate of drug-likeness (QED) is 0.458. The first kappa shape index (κ1) is 24.9. The van der Waals surface area contributed by atoms with Crippen LogP contribution in [0.3, 0.4) is 0 Å². The molecule has 1 amide bonds. The van der Waals surface area contributed by atoms with Gasteiger partial charge in [0.15, 0.2) is 0 Å². The van der Waals surface area contributed by atoms with Crippen LogP contribution >= 0.6 is 0 Å². The molecule has 9 heteroatoms. The molecule has 8 nitrogen and oxygen atoms in total. The van der Waals surface area contributed by atoms with Gasteiger partial charge in [0.05, 0.1) is 9.82 Å². The Morgan fingerprint density at radius 3 is 2.24 bits per heavy atom. The number of sulfonamides is 1. The summed E-state index contributed by atoms with van der Waals surface area (Å²) in [6, 6.07) is 9.86. The number of benzene rings is 2. The summed E-state index contributed by atoms with van der Waals surface area (Å²) in [5.74, 6) is -0.285. The second kappa shape index (κ2) is 9.61. The van der Waals surface area contributed by atoms with Crippen molar-refractivity contribution in [2.75, 3.05) is 18.0 Å². The topological polar surface area (TPSA) is 101 Å². The highest BCUT2D eigenvalue weighted by molar-refractivity contribution is 7.89. The molecule has 0 atom stereocenters. The van der Waals surface area contributed by atoms with Crippen LogP contribution < -0.4 is 4.90 Å². The van der Waals surface area contributed by atoms with Crippen LogP contribution in [0, 0.1) is 36.8 Å². The molecule has 0 bridgehead atoms. The van der Waals surface area contributed by atoms with Crippen LogP contribution in [0.5, 0.6) is 0 Å². The van der Waals surface area contributed by atoms with Crippen molar-refractivity contribution in [2.45, 2.75) is 58.4 Å². The van der Waals surface area contributed by atoms with Crippen molar-refractivity contribution >= 4 is 27.3 Å². The van der Waals surface area contributed by atoms with Gasteiger partial charge in [-0.3, -0.25) is 14.9 Å². The molecule has 1 aliphatic heterocycles. The van der Waals surface area contributed by atoms with E-state index in [0.717, 1.165) is 22.9 Å². The van der Waals surface area contributed by atoms with E-state index in [1.54, 1.807) is 6.92 Å². The lowest BCUT2D eigenvalue weighted by atomic mass is 9.95. The van der Waals surface area contributed by atoms with E-state index < -0.39 is 14.9 Å². The molecular formula is C24H31N3O5S. The van der Waals surface area contributed by atoms with Crippen molar-refractivity contribution in [1.29, 1.82) is 0 Å². The molecule has 0 spiro atoms. The Balaban J connectivity index is 1.80. The summed E-state index contributed by atoms with van der Waals surface area (Å²) >= 11 is 0. The van der Waals surface area contributed by atoms with Crippen molar-refractivity contribution in [3.8, 4) is 0 Å². The molecule has 0 aromatic heterocycles. The lowest BCUT2D eigenvalue weighted by molar-refractivity contribution is -0.385. The molecule has 33 heavy (non-hydrogen) atoms. The van der Waals surface area contributed by atoms with Gasteiger partial charge in [0.1, 0.15) is 0 Å². The average molecular weight is 474 g/mol. The number of amides is 1. The van der Waals surface area contributed by atoms with Crippen LogP contribution in [0.15, 0.2) is 41.3 Å². The Kier molecular flexibility index (Phi) is 7.23. The van der Waals surface area contributed by atoms with E-state index in [1.165, 1.54) is 16.4 Å². The number of nitro benzene ring substituents is 1. The third-order valence-corrected chi connectivity index (χ3v) is 8.22. The summed E-state index contributed by atoms with van der Waals surface area (Å²) < 4.78 is 27.8. The summed E-state index contributed by atoms with van der Waals surface area (Å²) in [7, 11) is -3.89. The van der Waals surface area contributed by atoms with E-state index in [9.17, 15) is 23.3 Å². The molecule has 1 saturated heterocycles. The van der Waals surface area contributed by atoms with Gasteiger partial charge in [-0.15, -0.1) is 0 Å². The number of rotatable bonds is 6. The third kappa shape index (κ3) is 5.09. The second-order valence-electron chi connectivity index (χ2n) is 8.98. The summed E-state index contributed by atoms with van der Waals surface area (Å²) in [5.41, 5.74) is 3.17. The Bertz CT molecular complexity index is 1170. The Hall–Kier alpha value is -2.78. The van der Waals surface area contributed by atoms with Crippen LogP contribution in [0.25, 0.3) is 0 Å². The predicted molar refractivity (Wildman–Crippen MR) is 128 cm³/mol. The number of hydrogen-bond acceptors (Lipinski definition) is 5. The van der Waals surface area contributed by atoms with Crippen LogP contribution in [-0.2, 0) is 14.8 Å². The van der Waals surface area contributed by atoms with Gasteiger partial charge in [-0.1, -0.05) is 18.2 Å². The third-order valence-electron chi connectivity index (χ3n) is 6.18. The van der Waals surface area contributed by atoms with E-state index in [2.05, 4.69) is 0 Å². The molecule has 3 rings (SSSR count). The normalized spacial score (nSPS) is 15.6. The van der Waals surface area contributed by atoms with E-state index in [1.807, 2.05) is 50.8 Å². The Labute approximate surface area is 195 Å². The number of anilines is 1. The van der Waals surface area contributed by atoms with Gasteiger partial charge in [-0.2, -0.15) is 4.31 Å². The van der Waals surface area contributed by atoms with Crippen molar-refractivity contribution in [1.82, 2.24) is 4.31 Å². The molecule has 2 aromatic rings. The first-order valence-electron chi connectivity index (χ1n) is 11.1. The minimum Gasteiger partial charge on any atom is -0.309 e. The van der Waals surface area contributed by atoms with Crippen molar-refractivity contribution in [2.24, 2.45) is 5.92 Å². The zero-order valence-electron chi connectivity index (χ0n) is 19.7. The van der Waals surface area contributed by atoms with E-state index in [-0.39, 0.29) is 41.5 Å². The summed E-state index contributed by atoms with van der Waals surface area (Å²) in [6.07, 6.45) is 0.806. The zero-order chi connectivity index (χ0) is 24.5. The van der Waals surface area contributed by atoms with Crippen LogP contribution in [-0.4, -0.2) is 42.7 Å². The van der Waals surface area contributed by atoms with E-state index in [4.69, 9.17) is 0 Å². The maximum Gasteiger partial charge on any atom is 0.270 e. The maximum atomic E-state index is 13.5. The highest BCUT2D eigenvalue weighted by Gasteiger charge is 2.36. The van der Waals surface area contributed by atoms with Crippen LogP contribution in [0.1, 0.15) is 43.4 Å². The minimum absolute atomic E-state index is 0.00211. The van der Waals surface area contributed by atoms with Crippen molar-refractivity contribution in [3.05, 3.63) is 63.2 Å². The first-order chi connectivity index (χ1) is 15.4. The average Bonchev–Trinajstić information content (AvgIpc) is 2.76. The minimum atomic E-state index is -3.89. The lowest BCUT2D eigenvalue weighted by Crippen LogP contribution is -2.46. The highest BCUT2D eigenvalue weighted by atomic mass is 32.2. The Morgan fingerprint density at radius 2 is 1.67 bits per heavy atom. The lowest BCUT2D eigenvalue weighted by Gasteiger charge is -2.36. The number of hydrogen-bond donors (Lipinski definition) is 0. The molecule has 0 unspecified atom stereocenters. The number of non-ortho nitro benzene ring substituents is 1. The van der Waals surface area contributed by atoms with Gasteiger partial charge in [-0.25, -0.2) is 8.42 Å². The van der Waals surface area contributed by atoms with Gasteiger partial charge in [0.25, 0.3) is 5.69 Å². The van der Waals surface area contributed by atoms with Gasteiger partial charge in [0.2, 0.25) is 15.9 Å². The fraction of sp³-hybridized carbons (Fsp3) is 0.458. The van der Waals surface area contributed by atoms with Gasteiger partial charge in [0, 0.05) is 42.9 Å². The number of nitrogens with zero attached hydrogens (tertiary/aromatic N) is 3. The molecule has 0 radical (unpaired) electrons. The molecule has 0 N–H and O–H groups in total. The highest BCUT2D eigenvalue weighted by Crippen LogP contribution is 2.31. The number of piperidine rings is 1. The maximum absolute atomic E-state index is 13.5. The van der Waals surface area contributed by atoms with Crippen molar-refractivity contribution in [3.63, 3.8) is 0 Å². The summed E-state index contributed by atoms with van der Waals surface area (Å²) in [4.78, 5) is 25.8. The SMILES string of the molecule is Cc1ccc(C)c(N(C(=O)C2CCN(S(=O)(=O)c3cc([N+](=O)[O-])ccc3C)CC2)C(C)C)c1. The predicted octanol–water partition coefficient (Wildman–Crippen LogP) is 4.36. The largest absolute Gasteiger partial charge is 0.309 e. The summed E-state index contributed by atoms with van der Waals surface area (Å²) in [6.45, 7) is 9.94. The van der Waals surface area contributed by atoms with Gasteiger partial charge < -0.3 is 4.90 Å². The standard InChI is InChI=1S/C24H31N3O5S/c1-16(2)26(22-14-17(3)6-7-18(22)4)24(28)20-10-12-25(13-11-20)33(31,32)23-15-21(27(29)30)9-8-19(23)5/h6-9,14-16,20H,10-13H2,1-5H3. The number of aryl methyl sites for hydroxylation is 3.